The predicted octanol–water partition coefficient (Wildman–Crippen LogP) is 8.77. The average molecular weight is 481 g/mol. The van der Waals surface area contributed by atoms with Gasteiger partial charge in [0.05, 0.1) is 0 Å². The Morgan fingerprint density at radius 3 is 1.77 bits per heavy atom. The SMILES string of the molecule is CCCC(C)(PC)c1cc(Cc2ccccc2)cc(Cc2ccccc2)c1OCc1ccccc1. The second-order valence-electron chi connectivity index (χ2n) is 9.56. The van der Waals surface area contributed by atoms with Gasteiger partial charge in [-0.1, -0.05) is 123 Å². The van der Waals surface area contributed by atoms with E-state index in [1.54, 1.807) is 0 Å². The van der Waals surface area contributed by atoms with Crippen molar-refractivity contribution < 1.29 is 4.74 Å². The van der Waals surface area contributed by atoms with Crippen LogP contribution in [0.4, 0.5) is 0 Å². The molecule has 0 fully saturated rings. The zero-order valence-corrected chi connectivity index (χ0v) is 22.3. The number of rotatable bonds is 11. The molecule has 0 aromatic heterocycles. The highest BCUT2D eigenvalue weighted by atomic mass is 31.1. The maximum absolute atomic E-state index is 6.73. The van der Waals surface area contributed by atoms with E-state index in [1.807, 2.05) is 0 Å². The second-order valence-corrected chi connectivity index (χ2v) is 11.2. The summed E-state index contributed by atoms with van der Waals surface area (Å²) in [5.41, 5.74) is 7.89. The molecule has 180 valence electrons. The molecule has 0 N–H and O–H groups in total. The van der Waals surface area contributed by atoms with Crippen LogP contribution in [0, 0.1) is 0 Å². The fourth-order valence-electron chi connectivity index (χ4n) is 4.84. The lowest BCUT2D eigenvalue weighted by molar-refractivity contribution is 0.296. The fourth-order valence-corrected chi connectivity index (χ4v) is 5.80. The number of benzene rings is 4. The fraction of sp³-hybridized carbons (Fsp3) is 0.273. The van der Waals surface area contributed by atoms with Crippen LogP contribution in [0.2, 0.25) is 0 Å². The lowest BCUT2D eigenvalue weighted by Crippen LogP contribution is -2.19. The average Bonchev–Trinajstić information content (AvgIpc) is 2.90. The van der Waals surface area contributed by atoms with Crippen LogP contribution in [-0.4, -0.2) is 6.66 Å². The first kappa shape index (κ1) is 25.2. The number of hydrogen-bond donors (Lipinski definition) is 0. The Kier molecular flexibility index (Phi) is 8.78. The van der Waals surface area contributed by atoms with Crippen molar-refractivity contribution in [1.82, 2.24) is 0 Å². The van der Waals surface area contributed by atoms with E-state index in [0.717, 1.165) is 40.0 Å². The van der Waals surface area contributed by atoms with Gasteiger partial charge in [-0.25, -0.2) is 0 Å². The highest BCUT2D eigenvalue weighted by molar-refractivity contribution is 7.38. The molecule has 4 aromatic rings. The Bertz CT molecular complexity index is 1190. The van der Waals surface area contributed by atoms with E-state index in [1.165, 1.54) is 33.4 Å². The lowest BCUT2D eigenvalue weighted by Gasteiger charge is -2.32. The van der Waals surface area contributed by atoms with Gasteiger partial charge in [0, 0.05) is 17.1 Å². The van der Waals surface area contributed by atoms with Gasteiger partial charge in [0.2, 0.25) is 0 Å². The largest absolute Gasteiger partial charge is 0.488 e. The van der Waals surface area contributed by atoms with E-state index in [-0.39, 0.29) is 5.16 Å². The topological polar surface area (TPSA) is 9.23 Å². The van der Waals surface area contributed by atoms with Crippen molar-refractivity contribution >= 4 is 8.58 Å². The first-order chi connectivity index (χ1) is 17.1. The van der Waals surface area contributed by atoms with E-state index in [0.29, 0.717) is 6.61 Å². The summed E-state index contributed by atoms with van der Waals surface area (Å²) in [6.45, 7) is 7.65. The Balaban J connectivity index is 1.82. The van der Waals surface area contributed by atoms with Gasteiger partial charge in [-0.15, -0.1) is 8.58 Å². The van der Waals surface area contributed by atoms with Gasteiger partial charge in [-0.05, 0) is 47.3 Å². The van der Waals surface area contributed by atoms with Crippen LogP contribution in [0.1, 0.15) is 60.1 Å². The molecule has 0 heterocycles. The third-order valence-electron chi connectivity index (χ3n) is 6.84. The van der Waals surface area contributed by atoms with E-state index >= 15 is 0 Å². The minimum Gasteiger partial charge on any atom is -0.488 e. The normalized spacial score (nSPS) is 13.1. The summed E-state index contributed by atoms with van der Waals surface area (Å²) in [6, 6.07) is 36.9. The second kappa shape index (κ2) is 12.2. The molecule has 0 amide bonds. The van der Waals surface area contributed by atoms with E-state index in [2.05, 4.69) is 124 Å². The molecule has 0 saturated carbocycles. The van der Waals surface area contributed by atoms with E-state index in [9.17, 15) is 0 Å². The van der Waals surface area contributed by atoms with Crippen molar-refractivity contribution in [2.45, 2.75) is 51.3 Å². The quantitative estimate of drug-likeness (QED) is 0.195. The Morgan fingerprint density at radius 2 is 1.23 bits per heavy atom. The van der Waals surface area contributed by atoms with Crippen LogP contribution >= 0.6 is 8.58 Å². The van der Waals surface area contributed by atoms with Crippen molar-refractivity contribution in [3.8, 4) is 5.75 Å². The molecular weight excluding hydrogens is 443 g/mol. The molecule has 0 saturated heterocycles. The summed E-state index contributed by atoms with van der Waals surface area (Å²) in [5.74, 6) is 1.08. The molecule has 4 rings (SSSR count). The summed E-state index contributed by atoms with van der Waals surface area (Å²) < 4.78 is 6.73. The van der Waals surface area contributed by atoms with Gasteiger partial charge in [0.15, 0.2) is 0 Å². The monoisotopic (exact) mass is 480 g/mol. The maximum Gasteiger partial charge on any atom is 0.127 e. The van der Waals surface area contributed by atoms with Crippen LogP contribution in [0.15, 0.2) is 103 Å². The first-order valence-corrected chi connectivity index (χ1v) is 14.2. The summed E-state index contributed by atoms with van der Waals surface area (Å²) in [4.78, 5) is 0. The predicted molar refractivity (Wildman–Crippen MR) is 152 cm³/mol. The summed E-state index contributed by atoms with van der Waals surface area (Å²) >= 11 is 0. The third kappa shape index (κ3) is 6.62. The van der Waals surface area contributed by atoms with Gasteiger partial charge in [0.25, 0.3) is 0 Å². The number of hydrogen-bond acceptors (Lipinski definition) is 1. The molecule has 0 aliphatic rings. The maximum atomic E-state index is 6.73. The molecule has 0 spiro atoms. The molecule has 2 atom stereocenters. The summed E-state index contributed by atoms with van der Waals surface area (Å²) in [6.07, 6.45) is 4.12. The standard InChI is InChI=1S/C33H37OP/c1-4-20-33(2,35-3)31-24-29(21-26-14-8-5-9-15-26)23-30(22-27-16-10-6-11-17-27)32(31)34-25-28-18-12-7-13-19-28/h5-19,23-24,35H,4,20-22,25H2,1-3H3. The van der Waals surface area contributed by atoms with Gasteiger partial charge in [-0.3, -0.25) is 0 Å². The van der Waals surface area contributed by atoms with Crippen LogP contribution in [0.25, 0.3) is 0 Å². The van der Waals surface area contributed by atoms with Crippen molar-refractivity contribution in [3.63, 3.8) is 0 Å². The van der Waals surface area contributed by atoms with Crippen molar-refractivity contribution in [1.29, 1.82) is 0 Å². The van der Waals surface area contributed by atoms with Crippen molar-refractivity contribution in [3.05, 3.63) is 137 Å². The molecule has 0 aliphatic carbocycles. The first-order valence-electron chi connectivity index (χ1n) is 12.7. The smallest absolute Gasteiger partial charge is 0.127 e. The molecule has 0 aliphatic heterocycles. The van der Waals surface area contributed by atoms with Gasteiger partial charge >= 0.3 is 0 Å². The molecule has 4 aromatic carbocycles. The molecule has 1 nitrogen and oxygen atoms in total. The van der Waals surface area contributed by atoms with Crippen LogP contribution in [-0.2, 0) is 24.6 Å². The van der Waals surface area contributed by atoms with Crippen LogP contribution < -0.4 is 4.74 Å². The summed E-state index contributed by atoms with van der Waals surface area (Å²) in [5, 5.41) is 0.0961. The molecule has 0 radical (unpaired) electrons. The Labute approximate surface area is 213 Å². The van der Waals surface area contributed by atoms with Crippen molar-refractivity contribution in [2.24, 2.45) is 0 Å². The molecule has 2 unspecified atom stereocenters. The van der Waals surface area contributed by atoms with Crippen molar-refractivity contribution in [2.75, 3.05) is 6.66 Å². The Morgan fingerprint density at radius 1 is 0.686 bits per heavy atom. The minimum absolute atomic E-state index is 0.0961. The van der Waals surface area contributed by atoms with Crippen LogP contribution in [0.5, 0.6) is 5.75 Å². The zero-order valence-electron chi connectivity index (χ0n) is 21.3. The lowest BCUT2D eigenvalue weighted by atomic mass is 9.88. The highest BCUT2D eigenvalue weighted by Crippen LogP contribution is 2.48. The summed E-state index contributed by atoms with van der Waals surface area (Å²) in [7, 11) is 0.802. The molecule has 0 bridgehead atoms. The number of ether oxygens (including phenoxy) is 1. The highest BCUT2D eigenvalue weighted by Gasteiger charge is 2.29. The Hall–Kier alpha value is -2.89. The molecular formula is C33H37OP. The van der Waals surface area contributed by atoms with Gasteiger partial charge in [0.1, 0.15) is 12.4 Å². The molecule has 35 heavy (non-hydrogen) atoms. The molecule has 2 heteroatoms. The van der Waals surface area contributed by atoms with Gasteiger partial charge in [-0.2, -0.15) is 0 Å². The van der Waals surface area contributed by atoms with Crippen LogP contribution in [0.3, 0.4) is 0 Å². The van der Waals surface area contributed by atoms with Gasteiger partial charge < -0.3 is 4.74 Å². The zero-order chi connectivity index (χ0) is 24.5. The van der Waals surface area contributed by atoms with E-state index < -0.39 is 0 Å². The van der Waals surface area contributed by atoms with E-state index in [4.69, 9.17) is 4.74 Å². The minimum atomic E-state index is 0.0961. The third-order valence-corrected chi connectivity index (χ3v) is 8.46.